The van der Waals surface area contributed by atoms with E-state index in [1.807, 2.05) is 67.4 Å². The molecule has 0 aliphatic rings. The minimum atomic E-state index is -0.116. The third kappa shape index (κ3) is 4.72. The molecule has 3 aromatic heterocycles. The van der Waals surface area contributed by atoms with Crippen LogP contribution < -0.4 is 5.32 Å². The van der Waals surface area contributed by atoms with Gasteiger partial charge in [0.05, 0.1) is 0 Å². The summed E-state index contributed by atoms with van der Waals surface area (Å²) in [6.07, 6.45) is 8.58. The molecule has 7 nitrogen and oxygen atoms in total. The van der Waals surface area contributed by atoms with Gasteiger partial charge in [-0.05, 0) is 42.7 Å². The van der Waals surface area contributed by atoms with Crippen molar-refractivity contribution in [1.29, 1.82) is 0 Å². The third-order valence-corrected chi connectivity index (χ3v) is 5.77. The largest absolute Gasteiger partial charge is 0.351 e. The van der Waals surface area contributed by atoms with Crippen molar-refractivity contribution in [3.63, 3.8) is 0 Å². The number of benzene rings is 1. The van der Waals surface area contributed by atoms with Crippen LogP contribution in [-0.4, -0.2) is 50.3 Å². The van der Waals surface area contributed by atoms with Crippen molar-refractivity contribution in [2.75, 3.05) is 13.6 Å². The molecule has 0 aliphatic carbocycles. The quantitative estimate of drug-likeness (QED) is 0.468. The molecule has 2 amide bonds. The molecule has 0 fully saturated rings. The molecule has 4 rings (SSSR count). The Morgan fingerprint density at radius 3 is 2.62 bits per heavy atom. The van der Waals surface area contributed by atoms with Crippen molar-refractivity contribution in [2.24, 2.45) is 7.05 Å². The van der Waals surface area contributed by atoms with E-state index in [0.717, 1.165) is 11.2 Å². The molecule has 164 valence electrons. The molecular formula is C25H27N5O2. The summed E-state index contributed by atoms with van der Waals surface area (Å²) in [5, 5.41) is 2.99. The number of carbonyl (C=O) groups is 2. The topological polar surface area (TPSA) is 71.6 Å². The molecule has 1 aromatic carbocycles. The highest BCUT2D eigenvalue weighted by molar-refractivity contribution is 5.95. The summed E-state index contributed by atoms with van der Waals surface area (Å²) in [5.74, 6) is -0.181. The van der Waals surface area contributed by atoms with Gasteiger partial charge in [-0.25, -0.2) is 4.98 Å². The zero-order valence-electron chi connectivity index (χ0n) is 18.3. The van der Waals surface area contributed by atoms with Crippen LogP contribution in [0, 0.1) is 0 Å². The lowest BCUT2D eigenvalue weighted by Crippen LogP contribution is -2.41. The first-order valence-electron chi connectivity index (χ1n) is 10.7. The lowest BCUT2D eigenvalue weighted by atomic mass is 10.0. The van der Waals surface area contributed by atoms with E-state index in [-0.39, 0.29) is 17.9 Å². The van der Waals surface area contributed by atoms with Crippen LogP contribution in [0.3, 0.4) is 0 Å². The first kappa shape index (κ1) is 21.4. The summed E-state index contributed by atoms with van der Waals surface area (Å²) < 4.78 is 3.66. The fourth-order valence-corrected chi connectivity index (χ4v) is 3.87. The highest BCUT2D eigenvalue weighted by Gasteiger charge is 2.22. The van der Waals surface area contributed by atoms with Crippen molar-refractivity contribution < 1.29 is 9.59 Å². The number of aromatic nitrogens is 3. The van der Waals surface area contributed by atoms with Gasteiger partial charge < -0.3 is 19.2 Å². The van der Waals surface area contributed by atoms with Crippen LogP contribution in [0.2, 0.25) is 0 Å². The van der Waals surface area contributed by atoms with E-state index in [0.29, 0.717) is 30.6 Å². The van der Waals surface area contributed by atoms with Gasteiger partial charge in [0.2, 0.25) is 0 Å². The number of fused-ring (bicyclic) bond motifs is 1. The molecule has 4 aromatic rings. The molecule has 0 bridgehead atoms. The lowest BCUT2D eigenvalue weighted by molar-refractivity contribution is 0.0722. The SMILES string of the molecule is CN(C(=O)c1ccn2ccnc2c1)[C@H](CCNC(=O)c1cccn1C)Cc1ccccc1. The lowest BCUT2D eigenvalue weighted by Gasteiger charge is -2.29. The molecule has 3 heterocycles. The van der Waals surface area contributed by atoms with E-state index in [9.17, 15) is 9.59 Å². The van der Waals surface area contributed by atoms with Crippen LogP contribution in [0.25, 0.3) is 5.65 Å². The van der Waals surface area contributed by atoms with Gasteiger partial charge in [0.25, 0.3) is 11.8 Å². The number of hydrogen-bond acceptors (Lipinski definition) is 3. The smallest absolute Gasteiger partial charge is 0.267 e. The van der Waals surface area contributed by atoms with E-state index in [4.69, 9.17) is 0 Å². The first-order valence-corrected chi connectivity index (χ1v) is 10.7. The number of pyridine rings is 1. The maximum atomic E-state index is 13.3. The predicted molar refractivity (Wildman–Crippen MR) is 124 cm³/mol. The van der Waals surface area contributed by atoms with Crippen molar-refractivity contribution in [3.05, 3.63) is 96.2 Å². The van der Waals surface area contributed by atoms with Crippen LogP contribution in [-0.2, 0) is 13.5 Å². The summed E-state index contributed by atoms with van der Waals surface area (Å²) in [5.41, 5.74) is 3.09. The Hall–Kier alpha value is -3.87. The molecule has 0 radical (unpaired) electrons. The Morgan fingerprint density at radius 1 is 1.06 bits per heavy atom. The predicted octanol–water partition coefficient (Wildman–Crippen LogP) is 3.18. The minimum Gasteiger partial charge on any atom is -0.351 e. The van der Waals surface area contributed by atoms with E-state index in [2.05, 4.69) is 22.4 Å². The van der Waals surface area contributed by atoms with Gasteiger partial charge >= 0.3 is 0 Å². The number of hydrogen-bond donors (Lipinski definition) is 1. The van der Waals surface area contributed by atoms with Crippen LogP contribution in [0.15, 0.2) is 79.4 Å². The maximum Gasteiger partial charge on any atom is 0.267 e. The molecule has 0 spiro atoms. The molecule has 7 heteroatoms. The van der Waals surface area contributed by atoms with Crippen molar-refractivity contribution >= 4 is 17.5 Å². The molecule has 1 N–H and O–H groups in total. The van der Waals surface area contributed by atoms with Gasteiger partial charge in [-0.3, -0.25) is 9.59 Å². The van der Waals surface area contributed by atoms with Gasteiger partial charge in [0.1, 0.15) is 11.3 Å². The Kier molecular flexibility index (Phi) is 6.35. The average Bonchev–Trinajstić information content (AvgIpc) is 3.46. The number of nitrogens with one attached hydrogen (secondary N) is 1. The summed E-state index contributed by atoms with van der Waals surface area (Å²) in [7, 11) is 3.67. The van der Waals surface area contributed by atoms with E-state index in [1.54, 1.807) is 27.8 Å². The van der Waals surface area contributed by atoms with E-state index < -0.39 is 0 Å². The zero-order valence-corrected chi connectivity index (χ0v) is 18.3. The monoisotopic (exact) mass is 429 g/mol. The second kappa shape index (κ2) is 9.51. The highest BCUT2D eigenvalue weighted by Crippen LogP contribution is 2.15. The number of aryl methyl sites for hydroxylation is 1. The molecule has 0 saturated heterocycles. The van der Waals surface area contributed by atoms with Crippen LogP contribution in [0.5, 0.6) is 0 Å². The summed E-state index contributed by atoms with van der Waals surface area (Å²) >= 11 is 0. The summed E-state index contributed by atoms with van der Waals surface area (Å²) in [6, 6.07) is 17.3. The Morgan fingerprint density at radius 2 is 1.88 bits per heavy atom. The molecular weight excluding hydrogens is 402 g/mol. The second-order valence-electron chi connectivity index (χ2n) is 7.92. The van der Waals surface area contributed by atoms with Gasteiger partial charge in [-0.15, -0.1) is 0 Å². The number of nitrogens with zero attached hydrogens (tertiary/aromatic N) is 4. The number of rotatable bonds is 8. The van der Waals surface area contributed by atoms with Crippen LogP contribution in [0.1, 0.15) is 32.8 Å². The third-order valence-electron chi connectivity index (χ3n) is 5.77. The maximum absolute atomic E-state index is 13.3. The van der Waals surface area contributed by atoms with E-state index >= 15 is 0 Å². The van der Waals surface area contributed by atoms with Gasteiger partial charge in [-0.2, -0.15) is 0 Å². The summed E-state index contributed by atoms with van der Waals surface area (Å²) in [6.45, 7) is 0.471. The number of likely N-dealkylation sites (N-methyl/N-ethyl adjacent to an activating group) is 1. The van der Waals surface area contributed by atoms with Gasteiger partial charge in [0, 0.05) is 57.0 Å². The molecule has 0 saturated carbocycles. The molecule has 0 aliphatic heterocycles. The second-order valence-corrected chi connectivity index (χ2v) is 7.92. The zero-order chi connectivity index (χ0) is 22.5. The Bertz CT molecular complexity index is 1210. The molecule has 0 unspecified atom stereocenters. The van der Waals surface area contributed by atoms with Crippen LogP contribution in [0.4, 0.5) is 0 Å². The average molecular weight is 430 g/mol. The van der Waals surface area contributed by atoms with Gasteiger partial charge in [0.15, 0.2) is 0 Å². The van der Waals surface area contributed by atoms with E-state index in [1.165, 1.54) is 0 Å². The van der Waals surface area contributed by atoms with Crippen molar-refractivity contribution in [3.8, 4) is 0 Å². The Balaban J connectivity index is 1.48. The highest BCUT2D eigenvalue weighted by atomic mass is 16.2. The molecule has 32 heavy (non-hydrogen) atoms. The van der Waals surface area contributed by atoms with Gasteiger partial charge in [-0.1, -0.05) is 30.3 Å². The van der Waals surface area contributed by atoms with Crippen molar-refractivity contribution in [1.82, 2.24) is 24.2 Å². The number of amides is 2. The van der Waals surface area contributed by atoms with Crippen LogP contribution >= 0.6 is 0 Å². The minimum absolute atomic E-state index is 0.0646. The fourth-order valence-electron chi connectivity index (χ4n) is 3.87. The Labute approximate surface area is 187 Å². The normalized spacial score (nSPS) is 11.9. The number of carbonyl (C=O) groups excluding carboxylic acids is 2. The fraction of sp³-hybridized carbons (Fsp3) is 0.240. The first-order chi connectivity index (χ1) is 15.5. The summed E-state index contributed by atoms with van der Waals surface area (Å²) in [4.78, 5) is 31.8. The van der Waals surface area contributed by atoms with Crippen molar-refractivity contribution in [2.45, 2.75) is 18.9 Å². The number of imidazole rings is 1. The molecule has 1 atom stereocenters. The standard InChI is InChI=1S/C25H27N5O2/c1-28-14-6-9-22(28)24(31)27-12-10-21(17-19-7-4-3-5-8-19)29(2)25(32)20-11-15-30-16-13-26-23(30)18-20/h3-9,11,13-16,18,21H,10,12,17H2,1-2H3,(H,27,31)/t21-/m1/s1.